The first-order valence-corrected chi connectivity index (χ1v) is 7.65. The third-order valence-electron chi connectivity index (χ3n) is 2.63. The van der Waals surface area contributed by atoms with Crippen molar-refractivity contribution >= 4 is 9.84 Å². The first kappa shape index (κ1) is 13.6. The Morgan fingerprint density at radius 2 is 1.74 bits per heavy atom. The van der Waals surface area contributed by atoms with E-state index in [1.165, 1.54) is 12.3 Å². The summed E-state index contributed by atoms with van der Waals surface area (Å²) in [5.41, 5.74) is 6.52. The summed E-state index contributed by atoms with van der Waals surface area (Å²) in [6.07, 6.45) is 1.17. The highest BCUT2D eigenvalue weighted by Crippen LogP contribution is 2.24. The molecule has 0 aliphatic carbocycles. The van der Waals surface area contributed by atoms with E-state index >= 15 is 0 Å². The van der Waals surface area contributed by atoms with Crippen LogP contribution >= 0.6 is 0 Å². The zero-order valence-electron chi connectivity index (χ0n) is 10.5. The average Bonchev–Trinajstić information content (AvgIpc) is 2.39. The molecule has 0 aliphatic heterocycles. The lowest BCUT2D eigenvalue weighted by atomic mass is 10.2. The van der Waals surface area contributed by atoms with Gasteiger partial charge in [0.05, 0.1) is 4.90 Å². The molecule has 5 heteroatoms. The van der Waals surface area contributed by atoms with Gasteiger partial charge in [0.2, 0.25) is 0 Å². The number of sulfone groups is 1. The summed E-state index contributed by atoms with van der Waals surface area (Å²) < 4.78 is 28.5. The molecular weight excluding hydrogens is 262 g/mol. The zero-order valence-corrected chi connectivity index (χ0v) is 11.4. The Morgan fingerprint density at radius 3 is 2.32 bits per heavy atom. The number of rotatable bonds is 4. The Bertz CT molecular complexity index is 663. The second kappa shape index (κ2) is 5.42. The lowest BCUT2D eigenvalue weighted by Crippen LogP contribution is -1.97. The number of ether oxygens (including phenoxy) is 1. The molecule has 0 unspecified atom stereocenters. The lowest BCUT2D eigenvalue weighted by molar-refractivity contribution is 0.480. The van der Waals surface area contributed by atoms with Gasteiger partial charge in [-0.05, 0) is 35.9 Å². The number of hydrogen-bond donors (Lipinski definition) is 1. The van der Waals surface area contributed by atoms with Gasteiger partial charge in [-0.3, -0.25) is 0 Å². The lowest BCUT2D eigenvalue weighted by Gasteiger charge is -2.07. The second-order valence-corrected chi connectivity index (χ2v) is 6.21. The summed E-state index contributed by atoms with van der Waals surface area (Å²) in [5.74, 6) is 1.13. The normalized spacial score (nSPS) is 11.3. The van der Waals surface area contributed by atoms with Crippen molar-refractivity contribution in [2.24, 2.45) is 5.73 Å². The molecule has 0 saturated carbocycles. The van der Waals surface area contributed by atoms with Crippen molar-refractivity contribution in [1.82, 2.24) is 0 Å². The van der Waals surface area contributed by atoms with Crippen molar-refractivity contribution in [1.29, 1.82) is 0 Å². The van der Waals surface area contributed by atoms with Crippen molar-refractivity contribution in [2.45, 2.75) is 11.4 Å². The van der Waals surface area contributed by atoms with E-state index < -0.39 is 9.84 Å². The van der Waals surface area contributed by atoms with Crippen molar-refractivity contribution in [3.8, 4) is 11.5 Å². The minimum atomic E-state index is -3.22. The highest BCUT2D eigenvalue weighted by Gasteiger charge is 2.08. The van der Waals surface area contributed by atoms with Gasteiger partial charge in [-0.1, -0.05) is 18.2 Å². The van der Waals surface area contributed by atoms with Gasteiger partial charge >= 0.3 is 0 Å². The van der Waals surface area contributed by atoms with Crippen LogP contribution in [0.3, 0.4) is 0 Å². The van der Waals surface area contributed by atoms with Crippen LogP contribution in [-0.4, -0.2) is 14.7 Å². The molecule has 0 fully saturated rings. The van der Waals surface area contributed by atoms with Crippen LogP contribution < -0.4 is 10.5 Å². The van der Waals surface area contributed by atoms with E-state index in [0.717, 1.165) is 5.56 Å². The summed E-state index contributed by atoms with van der Waals surface area (Å²) in [7, 11) is -3.22. The highest BCUT2D eigenvalue weighted by atomic mass is 32.2. The van der Waals surface area contributed by atoms with E-state index in [4.69, 9.17) is 10.5 Å². The van der Waals surface area contributed by atoms with Crippen molar-refractivity contribution in [3.63, 3.8) is 0 Å². The van der Waals surface area contributed by atoms with Gasteiger partial charge in [0.25, 0.3) is 0 Å². The smallest absolute Gasteiger partial charge is 0.175 e. The minimum absolute atomic E-state index is 0.239. The fourth-order valence-electron chi connectivity index (χ4n) is 1.60. The van der Waals surface area contributed by atoms with Gasteiger partial charge < -0.3 is 10.5 Å². The fraction of sp³-hybridized carbons (Fsp3) is 0.143. The van der Waals surface area contributed by atoms with Crippen molar-refractivity contribution in [2.75, 3.05) is 6.26 Å². The monoisotopic (exact) mass is 277 g/mol. The molecule has 2 aromatic carbocycles. The van der Waals surface area contributed by atoms with Crippen LogP contribution in [0.2, 0.25) is 0 Å². The molecule has 0 spiro atoms. The first-order chi connectivity index (χ1) is 8.99. The molecule has 0 heterocycles. The van der Waals surface area contributed by atoms with E-state index in [0.29, 0.717) is 18.0 Å². The summed E-state index contributed by atoms with van der Waals surface area (Å²) >= 11 is 0. The maximum atomic E-state index is 11.5. The van der Waals surface area contributed by atoms with Gasteiger partial charge in [-0.15, -0.1) is 0 Å². The SMILES string of the molecule is CS(=O)(=O)c1cccc(Oc2ccc(CN)cc2)c1. The highest BCUT2D eigenvalue weighted by molar-refractivity contribution is 7.90. The quantitative estimate of drug-likeness (QED) is 0.931. The maximum Gasteiger partial charge on any atom is 0.175 e. The molecule has 0 amide bonds. The summed E-state index contributed by atoms with van der Waals surface area (Å²) in [5, 5.41) is 0. The molecule has 0 aromatic heterocycles. The maximum absolute atomic E-state index is 11.5. The van der Waals surface area contributed by atoms with Gasteiger partial charge in [0, 0.05) is 12.8 Å². The predicted molar refractivity (Wildman–Crippen MR) is 74.0 cm³/mol. The average molecular weight is 277 g/mol. The molecule has 0 aliphatic rings. The van der Waals surface area contributed by atoms with Crippen LogP contribution in [0.4, 0.5) is 0 Å². The molecular formula is C14H15NO3S. The van der Waals surface area contributed by atoms with E-state index in [2.05, 4.69) is 0 Å². The zero-order chi connectivity index (χ0) is 13.9. The molecule has 100 valence electrons. The topological polar surface area (TPSA) is 69.4 Å². The third kappa shape index (κ3) is 3.56. The number of nitrogens with two attached hydrogens (primary N) is 1. The fourth-order valence-corrected chi connectivity index (χ4v) is 2.25. The second-order valence-electron chi connectivity index (χ2n) is 4.20. The summed E-state index contributed by atoms with van der Waals surface area (Å²) in [6.45, 7) is 0.476. The Kier molecular flexibility index (Phi) is 3.87. The molecule has 0 bridgehead atoms. The number of hydrogen-bond acceptors (Lipinski definition) is 4. The Balaban J connectivity index is 2.23. The first-order valence-electron chi connectivity index (χ1n) is 5.76. The molecule has 2 aromatic rings. The van der Waals surface area contributed by atoms with Crippen LogP contribution in [0.15, 0.2) is 53.4 Å². The predicted octanol–water partition coefficient (Wildman–Crippen LogP) is 2.34. The third-order valence-corrected chi connectivity index (χ3v) is 3.74. The molecule has 0 atom stereocenters. The Morgan fingerprint density at radius 1 is 1.05 bits per heavy atom. The summed E-state index contributed by atoms with van der Waals surface area (Å²) in [4.78, 5) is 0.239. The van der Waals surface area contributed by atoms with Gasteiger partial charge in [0.15, 0.2) is 9.84 Å². The van der Waals surface area contributed by atoms with Gasteiger partial charge in [-0.25, -0.2) is 8.42 Å². The minimum Gasteiger partial charge on any atom is -0.457 e. The molecule has 2 rings (SSSR count). The summed E-state index contributed by atoms with van der Waals surface area (Å²) in [6, 6.07) is 13.8. The van der Waals surface area contributed by atoms with Gasteiger partial charge in [-0.2, -0.15) is 0 Å². The molecule has 19 heavy (non-hydrogen) atoms. The van der Waals surface area contributed by atoms with Crippen LogP contribution in [0, 0.1) is 0 Å². The van der Waals surface area contributed by atoms with E-state index in [-0.39, 0.29) is 4.90 Å². The van der Waals surface area contributed by atoms with Crippen LogP contribution in [-0.2, 0) is 16.4 Å². The van der Waals surface area contributed by atoms with Crippen LogP contribution in [0.5, 0.6) is 11.5 Å². The van der Waals surface area contributed by atoms with Crippen LogP contribution in [0.25, 0.3) is 0 Å². The standard InChI is InChI=1S/C14H15NO3S/c1-19(16,17)14-4-2-3-13(9-14)18-12-7-5-11(10-15)6-8-12/h2-9H,10,15H2,1H3. The number of benzene rings is 2. The molecule has 2 N–H and O–H groups in total. The van der Waals surface area contributed by atoms with E-state index in [9.17, 15) is 8.42 Å². The molecule has 0 radical (unpaired) electrons. The largest absolute Gasteiger partial charge is 0.457 e. The Labute approximate surface area is 112 Å². The van der Waals surface area contributed by atoms with Crippen molar-refractivity contribution < 1.29 is 13.2 Å². The van der Waals surface area contributed by atoms with Gasteiger partial charge in [0.1, 0.15) is 11.5 Å². The van der Waals surface area contributed by atoms with Crippen molar-refractivity contribution in [3.05, 3.63) is 54.1 Å². The molecule has 0 saturated heterocycles. The van der Waals surface area contributed by atoms with E-state index in [1.807, 2.05) is 12.1 Å². The Hall–Kier alpha value is -1.85. The van der Waals surface area contributed by atoms with Crippen LogP contribution in [0.1, 0.15) is 5.56 Å². The molecule has 4 nitrogen and oxygen atoms in total. The van der Waals surface area contributed by atoms with E-state index in [1.54, 1.807) is 30.3 Å².